The maximum absolute atomic E-state index is 12.4. The van der Waals surface area contributed by atoms with Gasteiger partial charge in [0.05, 0.1) is 6.61 Å². The number of carbonyl (C=O) groups excluding carboxylic acids is 1. The molecule has 0 aromatic carbocycles. The number of nitrogens with one attached hydrogen (secondary N) is 1. The Hall–Kier alpha value is -1.56. The van der Waals surface area contributed by atoms with Crippen molar-refractivity contribution in [2.45, 2.75) is 40.0 Å². The van der Waals surface area contributed by atoms with Gasteiger partial charge in [0.15, 0.2) is 5.76 Å². The fraction of sp³-hybridized carbons (Fsp3) is 0.714. The molecule has 6 nitrogen and oxygen atoms in total. The molecule has 2 amide bonds. The summed E-state index contributed by atoms with van der Waals surface area (Å²) in [6, 6.07) is -0.148. The minimum atomic E-state index is -0.202. The van der Waals surface area contributed by atoms with Gasteiger partial charge in [0.2, 0.25) is 0 Å². The van der Waals surface area contributed by atoms with E-state index < -0.39 is 0 Å². The predicted molar refractivity (Wildman–Crippen MR) is 75.6 cm³/mol. The van der Waals surface area contributed by atoms with Gasteiger partial charge >= 0.3 is 6.03 Å². The molecule has 0 aliphatic carbocycles. The molecule has 1 aliphatic rings. The molecule has 1 aromatic heterocycles. The number of carbonyl (C=O) groups is 1. The summed E-state index contributed by atoms with van der Waals surface area (Å²) in [6.45, 7) is 7.16. The van der Waals surface area contributed by atoms with E-state index in [0.717, 1.165) is 12.8 Å². The van der Waals surface area contributed by atoms with Gasteiger partial charge in [0, 0.05) is 24.9 Å². The van der Waals surface area contributed by atoms with E-state index in [4.69, 9.17) is 4.52 Å². The van der Waals surface area contributed by atoms with E-state index >= 15 is 0 Å². The van der Waals surface area contributed by atoms with Crippen LogP contribution in [-0.4, -0.2) is 40.9 Å². The minimum absolute atomic E-state index is 0.100. The first-order valence-electron chi connectivity index (χ1n) is 7.11. The molecule has 1 fully saturated rings. The first-order valence-corrected chi connectivity index (χ1v) is 7.11. The van der Waals surface area contributed by atoms with Gasteiger partial charge < -0.3 is 19.8 Å². The zero-order chi connectivity index (χ0) is 14.8. The molecule has 0 radical (unpaired) electrons. The number of aliphatic hydroxyl groups excluding tert-OH is 1. The number of likely N-dealkylation sites (tertiary alicyclic amines) is 1. The molecular weight excluding hydrogens is 258 g/mol. The molecule has 1 aliphatic heterocycles. The zero-order valence-corrected chi connectivity index (χ0v) is 12.4. The number of nitrogens with zero attached hydrogens (tertiary/aromatic N) is 2. The summed E-state index contributed by atoms with van der Waals surface area (Å²) in [6.07, 6.45) is 2.54. The quantitative estimate of drug-likeness (QED) is 0.890. The maximum atomic E-state index is 12.4. The third-order valence-electron chi connectivity index (χ3n) is 3.94. The summed E-state index contributed by atoms with van der Waals surface area (Å²) < 4.78 is 5.17. The number of hydrogen-bond acceptors (Lipinski definition) is 4. The molecule has 0 spiro atoms. The molecule has 1 saturated heterocycles. The van der Waals surface area contributed by atoms with E-state index in [-0.39, 0.29) is 18.1 Å². The molecule has 20 heavy (non-hydrogen) atoms. The van der Waals surface area contributed by atoms with Crippen molar-refractivity contribution in [3.8, 4) is 0 Å². The standard InChI is InChI=1S/C14H23N3O3/c1-4-11-12(10(2)16-20-11)15-13(19)17-7-5-6-14(3,8-17)9-18/h18H,4-9H2,1-3H3,(H,15,19). The Bertz CT molecular complexity index is 486. The lowest BCUT2D eigenvalue weighted by Crippen LogP contribution is -2.48. The Balaban J connectivity index is 2.06. The van der Waals surface area contributed by atoms with Gasteiger partial charge in [-0.05, 0) is 19.8 Å². The van der Waals surface area contributed by atoms with Crippen LogP contribution in [0.15, 0.2) is 4.52 Å². The SMILES string of the molecule is CCc1onc(C)c1NC(=O)N1CCCC(C)(CO)C1. The lowest BCUT2D eigenvalue weighted by atomic mass is 9.83. The van der Waals surface area contributed by atoms with Crippen LogP contribution < -0.4 is 5.32 Å². The average molecular weight is 281 g/mol. The second kappa shape index (κ2) is 5.83. The summed E-state index contributed by atoms with van der Waals surface area (Å²) >= 11 is 0. The predicted octanol–water partition coefficient (Wildman–Crippen LogP) is 2.17. The van der Waals surface area contributed by atoms with Crippen molar-refractivity contribution >= 4 is 11.7 Å². The third kappa shape index (κ3) is 2.95. The summed E-state index contributed by atoms with van der Waals surface area (Å²) in [5.41, 5.74) is 1.17. The number of urea groups is 1. The Labute approximate surface area is 119 Å². The van der Waals surface area contributed by atoms with E-state index in [1.165, 1.54) is 0 Å². The van der Waals surface area contributed by atoms with E-state index in [2.05, 4.69) is 10.5 Å². The molecule has 112 valence electrons. The molecule has 0 saturated carbocycles. The molecule has 2 N–H and O–H groups in total. The smallest absolute Gasteiger partial charge is 0.322 e. The number of aromatic nitrogens is 1. The number of hydrogen-bond donors (Lipinski definition) is 2. The number of rotatable bonds is 3. The van der Waals surface area contributed by atoms with E-state index in [9.17, 15) is 9.90 Å². The highest BCUT2D eigenvalue weighted by Crippen LogP contribution is 2.29. The van der Waals surface area contributed by atoms with Crippen LogP contribution in [0.3, 0.4) is 0 Å². The molecule has 2 heterocycles. The second-order valence-corrected chi connectivity index (χ2v) is 5.84. The lowest BCUT2D eigenvalue weighted by Gasteiger charge is -2.39. The molecule has 1 aromatic rings. The highest BCUT2D eigenvalue weighted by Gasteiger charge is 2.33. The number of aliphatic hydroxyl groups is 1. The van der Waals surface area contributed by atoms with Crippen LogP contribution in [0, 0.1) is 12.3 Å². The summed E-state index contributed by atoms with van der Waals surface area (Å²) in [4.78, 5) is 14.1. The topological polar surface area (TPSA) is 78.6 Å². The molecule has 0 bridgehead atoms. The zero-order valence-electron chi connectivity index (χ0n) is 12.4. The lowest BCUT2D eigenvalue weighted by molar-refractivity contribution is 0.0648. The second-order valence-electron chi connectivity index (χ2n) is 5.84. The largest absolute Gasteiger partial charge is 0.396 e. The fourth-order valence-electron chi connectivity index (χ4n) is 2.62. The summed E-state index contributed by atoms with van der Waals surface area (Å²) in [7, 11) is 0. The van der Waals surface area contributed by atoms with Crippen molar-refractivity contribution in [3.05, 3.63) is 11.5 Å². The monoisotopic (exact) mass is 281 g/mol. The van der Waals surface area contributed by atoms with E-state index in [0.29, 0.717) is 36.7 Å². The molecular formula is C14H23N3O3. The van der Waals surface area contributed by atoms with Gasteiger partial charge in [0.1, 0.15) is 11.4 Å². The number of anilines is 1. The molecule has 6 heteroatoms. The van der Waals surface area contributed by atoms with Crippen LogP contribution in [0.4, 0.5) is 10.5 Å². The van der Waals surface area contributed by atoms with Crippen LogP contribution in [0.2, 0.25) is 0 Å². The molecule has 2 rings (SSSR count). The van der Waals surface area contributed by atoms with Crippen LogP contribution in [-0.2, 0) is 6.42 Å². The average Bonchev–Trinajstić information content (AvgIpc) is 2.79. The fourth-order valence-corrected chi connectivity index (χ4v) is 2.62. The Morgan fingerprint density at radius 3 is 3.00 bits per heavy atom. The first-order chi connectivity index (χ1) is 9.49. The maximum Gasteiger partial charge on any atom is 0.322 e. The highest BCUT2D eigenvalue weighted by molar-refractivity contribution is 5.90. The Morgan fingerprint density at radius 2 is 2.35 bits per heavy atom. The van der Waals surface area contributed by atoms with Crippen LogP contribution in [0.25, 0.3) is 0 Å². The Morgan fingerprint density at radius 1 is 1.60 bits per heavy atom. The number of piperidine rings is 1. The van der Waals surface area contributed by atoms with Gasteiger partial charge in [-0.3, -0.25) is 0 Å². The third-order valence-corrected chi connectivity index (χ3v) is 3.94. The number of amides is 2. The first kappa shape index (κ1) is 14.8. The summed E-state index contributed by atoms with van der Waals surface area (Å²) in [5, 5.41) is 16.2. The van der Waals surface area contributed by atoms with Gasteiger partial charge in [-0.25, -0.2) is 4.79 Å². The van der Waals surface area contributed by atoms with Crippen LogP contribution in [0.5, 0.6) is 0 Å². The van der Waals surface area contributed by atoms with Crippen molar-refractivity contribution in [3.63, 3.8) is 0 Å². The highest BCUT2D eigenvalue weighted by atomic mass is 16.5. The summed E-state index contributed by atoms with van der Waals surface area (Å²) in [5.74, 6) is 0.692. The van der Waals surface area contributed by atoms with Gasteiger partial charge in [-0.2, -0.15) is 0 Å². The minimum Gasteiger partial charge on any atom is -0.396 e. The Kier molecular flexibility index (Phi) is 4.32. The molecule has 1 atom stereocenters. The van der Waals surface area contributed by atoms with Crippen molar-refractivity contribution in [1.82, 2.24) is 10.1 Å². The van der Waals surface area contributed by atoms with Crippen molar-refractivity contribution in [2.75, 3.05) is 25.0 Å². The van der Waals surface area contributed by atoms with Gasteiger partial charge in [0.25, 0.3) is 0 Å². The van der Waals surface area contributed by atoms with Crippen molar-refractivity contribution in [1.29, 1.82) is 0 Å². The number of aryl methyl sites for hydroxylation is 2. The van der Waals surface area contributed by atoms with Crippen molar-refractivity contribution in [2.24, 2.45) is 5.41 Å². The normalized spacial score (nSPS) is 22.9. The van der Waals surface area contributed by atoms with E-state index in [1.54, 1.807) is 4.90 Å². The van der Waals surface area contributed by atoms with Crippen LogP contribution >= 0.6 is 0 Å². The van der Waals surface area contributed by atoms with Crippen molar-refractivity contribution < 1.29 is 14.4 Å². The van der Waals surface area contributed by atoms with E-state index in [1.807, 2.05) is 20.8 Å². The van der Waals surface area contributed by atoms with Gasteiger partial charge in [-0.15, -0.1) is 0 Å². The van der Waals surface area contributed by atoms with Gasteiger partial charge in [-0.1, -0.05) is 19.0 Å². The van der Waals surface area contributed by atoms with Crippen LogP contribution in [0.1, 0.15) is 38.1 Å². The molecule has 1 unspecified atom stereocenters.